The van der Waals surface area contributed by atoms with E-state index >= 15 is 0 Å². The van der Waals surface area contributed by atoms with Gasteiger partial charge < -0.3 is 28.4 Å². The molecule has 12 nitrogen and oxygen atoms in total. The van der Waals surface area contributed by atoms with Crippen molar-refractivity contribution in [3.05, 3.63) is 59.1 Å². The minimum Gasteiger partial charge on any atom is -0.466 e. The number of aliphatic hydroxyl groups excluding tert-OH is 1. The summed E-state index contributed by atoms with van der Waals surface area (Å²) in [6.07, 6.45) is 32.1. The number of phosphoric ester groups is 1. The molecule has 0 radical (unpaired) electrons. The number of unbranched alkanes of at least 4 members (excludes halogenated alkanes) is 14. The summed E-state index contributed by atoms with van der Waals surface area (Å²) in [7, 11) is 1.34. The van der Waals surface area contributed by atoms with Crippen LogP contribution in [0.15, 0.2) is 40.9 Å². The number of allylic oxidation sites excluding steroid dienone is 5. The Balaban J connectivity index is 1.69. The zero-order valence-electron chi connectivity index (χ0n) is 41.5. The molecule has 0 spiro atoms. The van der Waals surface area contributed by atoms with Crippen molar-refractivity contribution in [2.24, 2.45) is 11.8 Å². The smallest absolute Gasteiger partial charge is 0.466 e. The number of furan rings is 1. The molecule has 0 aliphatic heterocycles. The first kappa shape index (κ1) is 58.3. The fourth-order valence-electron chi connectivity index (χ4n) is 7.77. The summed E-state index contributed by atoms with van der Waals surface area (Å²) in [5.74, 6) is 1.16. The number of phosphoric acid groups is 1. The molecule has 1 aromatic heterocycles. The molecular weight excluding hydrogens is 846 g/mol. The molecule has 0 saturated carbocycles. The van der Waals surface area contributed by atoms with Crippen molar-refractivity contribution >= 4 is 25.5 Å². The van der Waals surface area contributed by atoms with Crippen molar-refractivity contribution in [1.82, 2.24) is 0 Å². The highest BCUT2D eigenvalue weighted by Crippen LogP contribution is 2.43. The largest absolute Gasteiger partial charge is 0.472 e. The molecular formula is C52H89NO11P+. The molecule has 1 aromatic rings. The number of ketones is 1. The number of quaternary nitrogens is 1. The minimum atomic E-state index is -4.45. The van der Waals surface area contributed by atoms with E-state index in [2.05, 4.69) is 27.7 Å². The second-order valence-corrected chi connectivity index (χ2v) is 20.5. The van der Waals surface area contributed by atoms with Gasteiger partial charge in [0.2, 0.25) is 0 Å². The van der Waals surface area contributed by atoms with E-state index in [-0.39, 0.29) is 43.7 Å². The maximum Gasteiger partial charge on any atom is 0.472 e. The van der Waals surface area contributed by atoms with Crippen molar-refractivity contribution in [3.63, 3.8) is 0 Å². The van der Waals surface area contributed by atoms with Crippen LogP contribution in [-0.4, -0.2) is 91.9 Å². The van der Waals surface area contributed by atoms with Gasteiger partial charge in [0.15, 0.2) is 11.9 Å². The Morgan fingerprint density at radius 1 is 0.785 bits per heavy atom. The van der Waals surface area contributed by atoms with E-state index in [0.29, 0.717) is 43.1 Å². The molecule has 1 unspecified atom stereocenters. The Hall–Kier alpha value is -2.86. The van der Waals surface area contributed by atoms with Gasteiger partial charge in [-0.3, -0.25) is 23.4 Å². The van der Waals surface area contributed by atoms with Crippen molar-refractivity contribution < 1.29 is 56.4 Å². The summed E-state index contributed by atoms with van der Waals surface area (Å²) in [5.41, 5.74) is 2.68. The number of hydrogen-bond acceptors (Lipinski definition) is 10. The summed E-state index contributed by atoms with van der Waals surface area (Å²) < 4.78 is 40.7. The number of nitrogens with zero attached hydrogens (tertiary/aromatic N) is 1. The molecule has 0 bridgehead atoms. The average molecular weight is 935 g/mol. The summed E-state index contributed by atoms with van der Waals surface area (Å²) in [4.78, 5) is 48.2. The maximum absolute atomic E-state index is 12.8. The van der Waals surface area contributed by atoms with E-state index in [1.807, 2.05) is 45.4 Å². The number of aliphatic hydroxyl groups is 1. The van der Waals surface area contributed by atoms with Crippen molar-refractivity contribution in [3.8, 4) is 0 Å². The van der Waals surface area contributed by atoms with E-state index in [9.17, 15) is 28.9 Å². The molecule has 5 atom stereocenters. The normalized spacial score (nSPS) is 17.3. The Bertz CT molecular complexity index is 1630. The van der Waals surface area contributed by atoms with Crippen molar-refractivity contribution in [2.75, 3.05) is 47.5 Å². The minimum absolute atomic E-state index is 0.0101. The number of carbonyl (C=O) groups excluding carboxylic acids is 3. The highest BCUT2D eigenvalue weighted by Gasteiger charge is 2.28. The van der Waals surface area contributed by atoms with Crippen molar-refractivity contribution in [1.29, 1.82) is 0 Å². The molecule has 0 saturated heterocycles. The molecule has 13 heteroatoms. The Kier molecular flexibility index (Phi) is 30.1. The van der Waals surface area contributed by atoms with Gasteiger partial charge >= 0.3 is 19.8 Å². The molecule has 0 aromatic carbocycles. The first-order valence-corrected chi connectivity index (χ1v) is 26.6. The second kappa shape index (κ2) is 33.6. The van der Waals surface area contributed by atoms with Crippen LogP contribution in [0.3, 0.4) is 0 Å². The number of aryl methyl sites for hydroxylation is 2. The molecule has 2 N–H and O–H groups in total. The number of likely N-dealkylation sites (N-methyl/N-ethyl adjacent to an activating group) is 1. The molecule has 1 aliphatic carbocycles. The number of hydrogen-bond donors (Lipinski definition) is 2. The van der Waals surface area contributed by atoms with Crippen LogP contribution in [0.1, 0.15) is 178 Å². The topological polar surface area (TPSA) is 159 Å². The van der Waals surface area contributed by atoms with Crippen LogP contribution in [0.2, 0.25) is 0 Å². The van der Waals surface area contributed by atoms with Gasteiger partial charge in [-0.1, -0.05) is 128 Å². The molecule has 0 amide bonds. The molecule has 65 heavy (non-hydrogen) atoms. The van der Waals surface area contributed by atoms with Crippen LogP contribution in [0.5, 0.6) is 0 Å². The lowest BCUT2D eigenvalue weighted by atomic mass is 9.90. The van der Waals surface area contributed by atoms with Crippen LogP contribution in [0.25, 0.3) is 0 Å². The fraction of sp³-hybridized carbons (Fsp3) is 0.750. The lowest BCUT2D eigenvalue weighted by Crippen LogP contribution is -2.37. The molecule has 2 rings (SSSR count). The highest BCUT2D eigenvalue weighted by atomic mass is 31.2. The Morgan fingerprint density at radius 2 is 1.37 bits per heavy atom. The van der Waals surface area contributed by atoms with Crippen LogP contribution < -0.4 is 0 Å². The van der Waals surface area contributed by atoms with Gasteiger partial charge in [0.25, 0.3) is 0 Å². The van der Waals surface area contributed by atoms with Gasteiger partial charge in [-0.25, -0.2) is 4.57 Å². The van der Waals surface area contributed by atoms with Gasteiger partial charge in [-0.15, -0.1) is 0 Å². The third kappa shape index (κ3) is 27.5. The van der Waals surface area contributed by atoms with Crippen LogP contribution in [0.4, 0.5) is 0 Å². The number of rotatable bonds is 39. The van der Waals surface area contributed by atoms with Crippen LogP contribution in [0, 0.1) is 25.7 Å². The number of ether oxygens (including phenoxy) is 2. The average Bonchev–Trinajstić information content (AvgIpc) is 3.74. The number of carbonyl (C=O) groups is 3. The quantitative estimate of drug-likeness (QED) is 0.0213. The van der Waals surface area contributed by atoms with E-state index < -0.39 is 38.6 Å². The van der Waals surface area contributed by atoms with Gasteiger partial charge in [-0.05, 0) is 81.9 Å². The Morgan fingerprint density at radius 3 is 2.00 bits per heavy atom. The summed E-state index contributed by atoms with van der Waals surface area (Å²) in [5, 5.41) is 10.3. The van der Waals surface area contributed by atoms with E-state index in [0.717, 1.165) is 57.8 Å². The first-order valence-electron chi connectivity index (χ1n) is 25.1. The second-order valence-electron chi connectivity index (χ2n) is 19.1. The molecule has 1 aliphatic rings. The summed E-state index contributed by atoms with van der Waals surface area (Å²) in [6, 6.07) is 0. The van der Waals surface area contributed by atoms with E-state index in [1.54, 1.807) is 12.2 Å². The monoisotopic (exact) mass is 935 g/mol. The van der Waals surface area contributed by atoms with Gasteiger partial charge in [0, 0.05) is 31.6 Å². The zero-order chi connectivity index (χ0) is 47.9. The predicted octanol–water partition coefficient (Wildman–Crippen LogP) is 11.7. The third-order valence-corrected chi connectivity index (χ3v) is 13.1. The number of esters is 2. The summed E-state index contributed by atoms with van der Waals surface area (Å²) >= 11 is 0. The molecule has 372 valence electrons. The van der Waals surface area contributed by atoms with E-state index in [4.69, 9.17) is 22.9 Å². The SMILES string of the molecule is CCCCCc1oc(CCCCCCCCCCCCC(=O)OC[C@H](COP(=O)(O)OCC[N+](C)(C)C)OC(=O)CCC/C=C\C[C@H]2C=CC(=O)[C@@H]2/C=C/[C@@H](O)CCCCC)c(C)c1C. The van der Waals surface area contributed by atoms with Crippen LogP contribution in [-0.2, 0) is 50.3 Å². The van der Waals surface area contributed by atoms with Crippen LogP contribution >= 0.6 is 7.82 Å². The maximum atomic E-state index is 12.8. The summed E-state index contributed by atoms with van der Waals surface area (Å²) in [6.45, 7) is 8.43. The van der Waals surface area contributed by atoms with Crippen molar-refractivity contribution in [2.45, 2.75) is 194 Å². The highest BCUT2D eigenvalue weighted by molar-refractivity contribution is 7.47. The zero-order valence-corrected chi connectivity index (χ0v) is 42.4. The standard InChI is InChI=1S/C52H88NO11P/c1-8-10-22-29-45(54)35-36-47-44(34-37-48(47)55)28-24-20-21-27-33-52(57)63-46(41-62-65(58,59)61-39-38-53(5,6)7)40-60-51(56)32-26-19-17-15-13-12-14-16-18-25-31-50-43(4)42(3)49(64-50)30-23-11-9-2/h20,24,34-37,44-47,54H,8-19,21-23,25-33,38-41H2,1-7H3/p+1/b24-20-,36-35+/t44-,45-,46+,47+/m0/s1. The predicted molar refractivity (Wildman–Crippen MR) is 259 cm³/mol. The van der Waals surface area contributed by atoms with Gasteiger partial charge in [0.1, 0.15) is 31.3 Å². The van der Waals surface area contributed by atoms with Gasteiger partial charge in [-0.2, -0.15) is 0 Å². The first-order chi connectivity index (χ1) is 31.0. The molecule has 0 fully saturated rings. The van der Waals surface area contributed by atoms with E-state index in [1.165, 1.54) is 74.0 Å². The lowest BCUT2D eigenvalue weighted by molar-refractivity contribution is -0.870. The third-order valence-electron chi connectivity index (χ3n) is 12.1. The lowest BCUT2D eigenvalue weighted by Gasteiger charge is -2.24. The van der Waals surface area contributed by atoms with Gasteiger partial charge in [0.05, 0.1) is 33.9 Å². The Labute approximate surface area is 393 Å². The fourth-order valence-corrected chi connectivity index (χ4v) is 8.51. The molecule has 1 heterocycles.